The highest BCUT2D eigenvalue weighted by atomic mass is 16.6. The van der Waals surface area contributed by atoms with Crippen molar-refractivity contribution in [1.29, 1.82) is 0 Å². The van der Waals surface area contributed by atoms with Crippen molar-refractivity contribution < 1.29 is 38.0 Å². The second kappa shape index (κ2) is 22.3. The van der Waals surface area contributed by atoms with Crippen LogP contribution in [0.3, 0.4) is 0 Å². The third kappa shape index (κ3) is 15.1. The molecule has 0 radical (unpaired) electrons. The van der Waals surface area contributed by atoms with Crippen LogP contribution in [0.15, 0.2) is 107 Å². The van der Waals surface area contributed by atoms with E-state index in [0.717, 1.165) is 60.1 Å². The molecule has 0 aromatic heterocycles. The van der Waals surface area contributed by atoms with E-state index in [1.54, 1.807) is 61.0 Å². The minimum absolute atomic E-state index is 0.0567. The van der Waals surface area contributed by atoms with Crippen LogP contribution in [0.1, 0.15) is 96.1 Å². The molecule has 2 aliphatic heterocycles. The first-order valence-electron chi connectivity index (χ1n) is 19.9. The Kier molecular flexibility index (Phi) is 16.1. The van der Waals surface area contributed by atoms with Crippen LogP contribution in [0.5, 0.6) is 11.5 Å². The van der Waals surface area contributed by atoms with Crippen LogP contribution in [0.25, 0.3) is 0 Å². The number of carbonyl (C=O) groups is 2. The molecule has 0 saturated carbocycles. The van der Waals surface area contributed by atoms with Crippen molar-refractivity contribution in [2.45, 2.75) is 76.4 Å². The number of carbonyl (C=O) groups excluding carboxylic acids is 2. The van der Waals surface area contributed by atoms with E-state index in [-0.39, 0.29) is 24.1 Å². The first-order valence-corrected chi connectivity index (χ1v) is 19.9. The van der Waals surface area contributed by atoms with Crippen LogP contribution in [-0.4, -0.2) is 76.2 Å². The highest BCUT2D eigenvalue weighted by molar-refractivity contribution is 5.91. The molecule has 0 aliphatic carbocycles. The molecule has 2 saturated heterocycles. The molecule has 4 aromatic carbocycles. The monoisotopic (exact) mass is 760 g/mol. The lowest BCUT2D eigenvalue weighted by Gasteiger charge is -2.07. The summed E-state index contributed by atoms with van der Waals surface area (Å²) in [6.07, 6.45) is 15.8. The van der Waals surface area contributed by atoms with Crippen molar-refractivity contribution in [3.63, 3.8) is 0 Å². The van der Waals surface area contributed by atoms with E-state index in [1.165, 1.54) is 51.4 Å². The number of esters is 2. The van der Waals surface area contributed by atoms with Gasteiger partial charge < -0.3 is 28.4 Å². The van der Waals surface area contributed by atoms with E-state index >= 15 is 0 Å². The Morgan fingerprint density at radius 2 is 0.839 bits per heavy atom. The number of unbranched alkanes of at least 4 members (excludes halogenated alkanes) is 9. The first-order chi connectivity index (χ1) is 27.6. The molecule has 294 valence electrons. The van der Waals surface area contributed by atoms with E-state index in [9.17, 15) is 9.59 Å². The average Bonchev–Trinajstić information content (AvgIpc) is 4.18. The van der Waals surface area contributed by atoms with E-state index in [2.05, 4.69) is 9.98 Å². The Morgan fingerprint density at radius 3 is 1.18 bits per heavy atom. The van der Waals surface area contributed by atoms with Crippen LogP contribution < -0.4 is 9.47 Å². The summed E-state index contributed by atoms with van der Waals surface area (Å²) in [7, 11) is 0. The number of hydrogen-bond donors (Lipinski definition) is 0. The zero-order valence-corrected chi connectivity index (χ0v) is 32.0. The molecular formula is C46H52N2O8. The van der Waals surface area contributed by atoms with Gasteiger partial charge >= 0.3 is 11.9 Å². The highest BCUT2D eigenvalue weighted by Crippen LogP contribution is 2.19. The molecule has 6 rings (SSSR count). The molecule has 2 fully saturated rings. The van der Waals surface area contributed by atoms with Crippen molar-refractivity contribution >= 4 is 35.7 Å². The van der Waals surface area contributed by atoms with Crippen LogP contribution in [0.2, 0.25) is 0 Å². The van der Waals surface area contributed by atoms with E-state index < -0.39 is 0 Å². The fourth-order valence-corrected chi connectivity index (χ4v) is 5.80. The molecule has 0 N–H and O–H groups in total. The Hall–Kier alpha value is -5.32. The SMILES string of the molecule is O=C(OCC1CO1)c1ccc(N=Cc2ccc(OCCCCCCCCCCCCOc3ccc(C=Nc4ccc(C(=O)OCC5CO5)cc4)cc3)cc2)cc1. The largest absolute Gasteiger partial charge is 0.494 e. The molecule has 10 nitrogen and oxygen atoms in total. The molecule has 4 aromatic rings. The lowest BCUT2D eigenvalue weighted by molar-refractivity contribution is 0.0468. The summed E-state index contributed by atoms with van der Waals surface area (Å²) in [5.74, 6) is 1.04. The van der Waals surface area contributed by atoms with Crippen LogP contribution in [0, 0.1) is 0 Å². The average molecular weight is 761 g/mol. The lowest BCUT2D eigenvalue weighted by Crippen LogP contribution is -2.09. The van der Waals surface area contributed by atoms with Gasteiger partial charge in [-0.05, 0) is 121 Å². The summed E-state index contributed by atoms with van der Waals surface area (Å²) in [6.45, 7) is 3.38. The molecule has 2 aliphatic rings. The van der Waals surface area contributed by atoms with Crippen molar-refractivity contribution in [3.8, 4) is 11.5 Å². The quantitative estimate of drug-likeness (QED) is 0.0284. The Bertz CT molecular complexity index is 1700. The molecule has 2 unspecified atom stereocenters. The molecule has 10 heteroatoms. The minimum Gasteiger partial charge on any atom is -0.494 e. The predicted molar refractivity (Wildman–Crippen MR) is 217 cm³/mol. The van der Waals surface area contributed by atoms with E-state index in [1.807, 2.05) is 48.5 Å². The number of epoxide rings is 2. The minimum atomic E-state index is -0.347. The van der Waals surface area contributed by atoms with Crippen molar-refractivity contribution in [2.24, 2.45) is 9.98 Å². The maximum atomic E-state index is 12.1. The Morgan fingerprint density at radius 1 is 0.500 bits per heavy atom. The molecular weight excluding hydrogens is 709 g/mol. The van der Waals surface area contributed by atoms with Gasteiger partial charge in [-0.15, -0.1) is 0 Å². The second-order valence-corrected chi connectivity index (χ2v) is 14.1. The summed E-state index contributed by atoms with van der Waals surface area (Å²) in [6, 6.07) is 30.0. The van der Waals surface area contributed by atoms with Gasteiger partial charge in [-0.2, -0.15) is 0 Å². The van der Waals surface area contributed by atoms with Gasteiger partial charge in [0.1, 0.15) is 36.9 Å². The normalized spacial score (nSPS) is 15.9. The van der Waals surface area contributed by atoms with Crippen LogP contribution in [0.4, 0.5) is 11.4 Å². The van der Waals surface area contributed by atoms with E-state index in [0.29, 0.717) is 37.6 Å². The van der Waals surface area contributed by atoms with Crippen LogP contribution in [-0.2, 0) is 18.9 Å². The zero-order chi connectivity index (χ0) is 38.6. The Labute approximate surface area is 329 Å². The van der Waals surface area contributed by atoms with Gasteiger partial charge in [0.15, 0.2) is 0 Å². The molecule has 56 heavy (non-hydrogen) atoms. The summed E-state index contributed by atoms with van der Waals surface area (Å²) >= 11 is 0. The van der Waals surface area contributed by atoms with Gasteiger partial charge in [0.25, 0.3) is 0 Å². The fourth-order valence-electron chi connectivity index (χ4n) is 5.80. The van der Waals surface area contributed by atoms with Crippen LogP contribution >= 0.6 is 0 Å². The maximum Gasteiger partial charge on any atom is 0.338 e. The smallest absolute Gasteiger partial charge is 0.338 e. The van der Waals surface area contributed by atoms with E-state index in [4.69, 9.17) is 28.4 Å². The second-order valence-electron chi connectivity index (χ2n) is 14.1. The Balaban J connectivity index is 0.724. The number of ether oxygens (including phenoxy) is 6. The van der Waals surface area contributed by atoms with Gasteiger partial charge in [-0.1, -0.05) is 51.4 Å². The third-order valence-corrected chi connectivity index (χ3v) is 9.37. The number of aliphatic imine (C=N–C) groups is 2. The summed E-state index contributed by atoms with van der Waals surface area (Å²) in [5, 5.41) is 0. The van der Waals surface area contributed by atoms with Gasteiger partial charge in [-0.3, -0.25) is 9.98 Å². The van der Waals surface area contributed by atoms with Gasteiger partial charge in [-0.25, -0.2) is 9.59 Å². The van der Waals surface area contributed by atoms with Gasteiger partial charge in [0.2, 0.25) is 0 Å². The van der Waals surface area contributed by atoms with Gasteiger partial charge in [0, 0.05) is 12.4 Å². The first kappa shape index (κ1) is 40.3. The van der Waals surface area contributed by atoms with Crippen molar-refractivity contribution in [2.75, 3.05) is 39.6 Å². The molecule has 0 spiro atoms. The van der Waals surface area contributed by atoms with Gasteiger partial charge in [0.05, 0.1) is 48.9 Å². The molecule has 0 amide bonds. The predicted octanol–water partition coefficient (Wildman–Crippen LogP) is 9.66. The summed E-state index contributed by atoms with van der Waals surface area (Å²) in [5.41, 5.74) is 4.49. The number of benzene rings is 4. The van der Waals surface area contributed by atoms with Crippen molar-refractivity contribution in [3.05, 3.63) is 119 Å². The maximum absolute atomic E-state index is 12.1. The number of rotatable bonds is 25. The molecule has 2 heterocycles. The van der Waals surface area contributed by atoms with Crippen molar-refractivity contribution in [1.82, 2.24) is 0 Å². The standard InChI is InChI=1S/C46H52N2O8/c49-45(55-33-43-31-53-43)37-15-19-39(20-16-37)47-29-35-11-23-41(24-12-35)51-27-9-7-5-3-1-2-4-6-8-10-28-52-42-25-13-36(14-26-42)30-48-40-21-17-38(18-22-40)46(50)56-34-44-32-54-44/h11-26,29-30,43-44H,1-10,27-28,31-34H2. The fraction of sp³-hybridized carbons (Fsp3) is 0.391. The lowest BCUT2D eigenvalue weighted by atomic mass is 10.1. The third-order valence-electron chi connectivity index (χ3n) is 9.37. The molecule has 0 bridgehead atoms. The zero-order valence-electron chi connectivity index (χ0n) is 32.0. The highest BCUT2D eigenvalue weighted by Gasteiger charge is 2.25. The molecule has 2 atom stereocenters. The topological polar surface area (TPSA) is 121 Å². The number of hydrogen-bond acceptors (Lipinski definition) is 10. The number of nitrogens with zero attached hydrogens (tertiary/aromatic N) is 2. The summed E-state index contributed by atoms with van der Waals surface area (Å²) < 4.78 is 32.4. The summed E-state index contributed by atoms with van der Waals surface area (Å²) in [4.78, 5) is 33.1.